The standard InChI is InChI=1S/C45H51N13O9/c1-7-57-33(20-26(3)51-57)41(61)49-43-48-32-23-30(40(60)53-66-6)25-35(65-5)37(32)55(43)15-9-10-16-56-38-31(47-44(56)50-42(62)34-21-27(4)52-58(34)8-2)22-29(39(46)59)24-36(38)67-19-11-12-28-13-17-54(18-14-28)45(63)64/h9-10,20-25,28H,7-8,13-19H2,1-6H3,(H2,46,59)(H,53,60)(H,63,64)(H,47,50,62)(H,48,49,61)/b10-9+. The number of methoxy groups -OCH3 is 1. The molecule has 0 unspecified atom stereocenters. The predicted molar refractivity (Wildman–Crippen MR) is 245 cm³/mol. The maximum Gasteiger partial charge on any atom is 0.407 e. The number of amides is 5. The normalized spacial score (nSPS) is 12.9. The summed E-state index contributed by atoms with van der Waals surface area (Å²) in [5, 5.41) is 24.0. The van der Waals surface area contributed by atoms with E-state index in [-0.39, 0.29) is 54.4 Å². The van der Waals surface area contributed by atoms with Gasteiger partial charge in [-0.05, 0) is 76.9 Å². The van der Waals surface area contributed by atoms with Gasteiger partial charge < -0.3 is 34.3 Å². The Labute approximate surface area is 384 Å². The number of nitrogens with two attached hydrogens (primary N) is 1. The van der Waals surface area contributed by atoms with Crippen LogP contribution in [0, 0.1) is 31.6 Å². The highest BCUT2D eigenvalue weighted by molar-refractivity contribution is 6.05. The third-order valence-corrected chi connectivity index (χ3v) is 11.0. The Morgan fingerprint density at radius 1 is 0.776 bits per heavy atom. The molecule has 7 rings (SSSR count). The van der Waals surface area contributed by atoms with Gasteiger partial charge in [0.2, 0.25) is 17.8 Å². The van der Waals surface area contributed by atoms with Crippen molar-refractivity contribution in [2.45, 2.75) is 66.7 Å². The zero-order chi connectivity index (χ0) is 47.9. The van der Waals surface area contributed by atoms with Crippen LogP contribution in [-0.4, -0.2) is 112 Å². The van der Waals surface area contributed by atoms with E-state index in [1.165, 1.54) is 37.3 Å². The number of fused-ring (bicyclic) bond motifs is 2. The number of carbonyl (C=O) groups is 5. The molecule has 2 aromatic carbocycles. The van der Waals surface area contributed by atoms with E-state index in [1.807, 2.05) is 26.0 Å². The Morgan fingerprint density at radius 2 is 1.30 bits per heavy atom. The van der Waals surface area contributed by atoms with Crippen LogP contribution < -0.4 is 31.3 Å². The number of nitrogens with zero attached hydrogens (tertiary/aromatic N) is 9. The average Bonchev–Trinajstić information content (AvgIpc) is 4.08. The van der Waals surface area contributed by atoms with Crippen molar-refractivity contribution in [3.8, 4) is 23.3 Å². The first-order valence-corrected chi connectivity index (χ1v) is 21.4. The number of anilines is 2. The lowest BCUT2D eigenvalue weighted by Gasteiger charge is -2.27. The molecule has 5 heterocycles. The number of hydrogen-bond donors (Lipinski definition) is 5. The Morgan fingerprint density at radius 3 is 1.79 bits per heavy atom. The monoisotopic (exact) mass is 917 g/mol. The number of rotatable bonds is 16. The highest BCUT2D eigenvalue weighted by Crippen LogP contribution is 2.33. The number of nitrogens with one attached hydrogen (secondary N) is 3. The van der Waals surface area contributed by atoms with Crippen LogP contribution >= 0.6 is 0 Å². The fraction of sp³-hybridized carbons (Fsp3) is 0.356. The van der Waals surface area contributed by atoms with Crippen molar-refractivity contribution < 1.29 is 43.4 Å². The van der Waals surface area contributed by atoms with Gasteiger partial charge in [-0.1, -0.05) is 24.0 Å². The van der Waals surface area contributed by atoms with Crippen LogP contribution in [0.15, 0.2) is 48.6 Å². The molecule has 0 aliphatic carbocycles. The van der Waals surface area contributed by atoms with Gasteiger partial charge in [0.25, 0.3) is 17.7 Å². The van der Waals surface area contributed by atoms with Gasteiger partial charge in [-0.2, -0.15) is 10.2 Å². The maximum atomic E-state index is 13.9. The summed E-state index contributed by atoms with van der Waals surface area (Å²) < 4.78 is 18.6. The Balaban J connectivity index is 1.26. The largest absolute Gasteiger partial charge is 0.494 e. The van der Waals surface area contributed by atoms with Crippen molar-refractivity contribution in [3.05, 3.63) is 82.5 Å². The SMILES string of the molecule is CCn1nc(C)cc1C(=O)Nc1nc2cc(C(=O)NOC)cc(OC)c2n1C/C=C/Cn1c(NC(=O)c2cc(C)nn2CC)nc2cc(C(N)=O)cc(OCC#CC3CCN(C(=O)O)CC3)c21. The molecule has 4 aromatic heterocycles. The van der Waals surface area contributed by atoms with Crippen LogP contribution in [0.25, 0.3) is 22.1 Å². The Bertz CT molecular complexity index is 2980. The number of allylic oxidation sites excluding steroid dienone is 2. The van der Waals surface area contributed by atoms with Gasteiger partial charge in [-0.15, -0.1) is 0 Å². The first kappa shape index (κ1) is 46.8. The first-order valence-electron chi connectivity index (χ1n) is 21.4. The van der Waals surface area contributed by atoms with E-state index >= 15 is 0 Å². The minimum atomic E-state index is -0.957. The molecule has 0 saturated carbocycles. The summed E-state index contributed by atoms with van der Waals surface area (Å²) in [4.78, 5) is 80.1. The Kier molecular flexibility index (Phi) is 14.2. The average molecular weight is 918 g/mol. The van der Waals surface area contributed by atoms with Crippen LogP contribution in [0.2, 0.25) is 0 Å². The molecule has 1 aliphatic heterocycles. The molecule has 1 aliphatic rings. The van der Waals surface area contributed by atoms with Gasteiger partial charge in [0.1, 0.15) is 40.5 Å². The number of benzene rings is 2. The number of piperidine rings is 1. The third kappa shape index (κ3) is 10.2. The van der Waals surface area contributed by atoms with E-state index < -0.39 is 29.7 Å². The molecule has 6 aromatic rings. The van der Waals surface area contributed by atoms with Crippen LogP contribution in [0.1, 0.15) is 79.8 Å². The van der Waals surface area contributed by atoms with Crippen molar-refractivity contribution in [1.82, 2.24) is 49.0 Å². The molecule has 0 spiro atoms. The van der Waals surface area contributed by atoms with E-state index in [0.717, 1.165) is 0 Å². The molecule has 5 amide bonds. The van der Waals surface area contributed by atoms with Crippen molar-refractivity contribution in [1.29, 1.82) is 0 Å². The van der Waals surface area contributed by atoms with Gasteiger partial charge in [-0.3, -0.25) is 44.0 Å². The number of likely N-dealkylation sites (tertiary alicyclic amines) is 1. The van der Waals surface area contributed by atoms with Crippen molar-refractivity contribution >= 4 is 63.7 Å². The maximum absolute atomic E-state index is 13.9. The summed E-state index contributed by atoms with van der Waals surface area (Å²) in [6.07, 6.45) is 3.85. The van der Waals surface area contributed by atoms with Crippen LogP contribution in [-0.2, 0) is 31.0 Å². The van der Waals surface area contributed by atoms with Crippen molar-refractivity contribution in [3.63, 3.8) is 0 Å². The molecule has 22 nitrogen and oxygen atoms in total. The van der Waals surface area contributed by atoms with Crippen LogP contribution in [0.3, 0.4) is 0 Å². The van der Waals surface area contributed by atoms with E-state index in [2.05, 4.69) is 38.2 Å². The molecule has 0 radical (unpaired) electrons. The summed E-state index contributed by atoms with van der Waals surface area (Å²) in [6.45, 7) is 9.13. The molecular weight excluding hydrogens is 867 g/mol. The molecule has 0 atom stereocenters. The topological polar surface area (TPSA) is 270 Å². The molecular formula is C45H51N13O9. The number of aryl methyl sites for hydroxylation is 4. The lowest BCUT2D eigenvalue weighted by atomic mass is 9.98. The zero-order valence-electron chi connectivity index (χ0n) is 37.9. The highest BCUT2D eigenvalue weighted by Gasteiger charge is 2.25. The fourth-order valence-electron chi connectivity index (χ4n) is 7.84. The van der Waals surface area contributed by atoms with Gasteiger partial charge in [0, 0.05) is 56.3 Å². The quantitative estimate of drug-likeness (QED) is 0.0514. The number of hydroxylamine groups is 1. The van der Waals surface area contributed by atoms with Gasteiger partial charge in [0.15, 0.2) is 0 Å². The van der Waals surface area contributed by atoms with Crippen molar-refractivity contribution in [2.24, 2.45) is 11.7 Å². The minimum absolute atomic E-state index is 0.0171. The zero-order valence-corrected chi connectivity index (χ0v) is 37.9. The van der Waals surface area contributed by atoms with E-state index in [9.17, 15) is 29.1 Å². The molecule has 350 valence electrons. The van der Waals surface area contributed by atoms with Crippen LogP contribution in [0.4, 0.5) is 16.7 Å². The van der Waals surface area contributed by atoms with E-state index in [1.54, 1.807) is 50.5 Å². The second-order valence-electron chi connectivity index (χ2n) is 15.5. The number of ether oxygens (including phenoxy) is 2. The summed E-state index contributed by atoms with van der Waals surface area (Å²) in [5.41, 5.74) is 11.9. The lowest BCUT2D eigenvalue weighted by molar-refractivity contribution is 0.0537. The summed E-state index contributed by atoms with van der Waals surface area (Å²) >= 11 is 0. The lowest BCUT2D eigenvalue weighted by Crippen LogP contribution is -2.37. The van der Waals surface area contributed by atoms with Crippen LogP contribution in [0.5, 0.6) is 11.5 Å². The van der Waals surface area contributed by atoms with E-state index in [0.29, 0.717) is 89.6 Å². The first-order chi connectivity index (χ1) is 32.2. The molecule has 22 heteroatoms. The molecule has 0 bridgehead atoms. The molecule has 67 heavy (non-hydrogen) atoms. The smallest absolute Gasteiger partial charge is 0.407 e. The molecule has 1 saturated heterocycles. The second-order valence-corrected chi connectivity index (χ2v) is 15.5. The van der Waals surface area contributed by atoms with Gasteiger partial charge in [-0.25, -0.2) is 20.2 Å². The third-order valence-electron chi connectivity index (χ3n) is 11.0. The number of hydrogen-bond acceptors (Lipinski definition) is 12. The number of primary amides is 1. The predicted octanol–water partition coefficient (Wildman–Crippen LogP) is 4.37. The number of carbonyl (C=O) groups excluding carboxylic acids is 4. The molecule has 1 fully saturated rings. The van der Waals surface area contributed by atoms with Crippen molar-refractivity contribution in [2.75, 3.05) is 44.5 Å². The summed E-state index contributed by atoms with van der Waals surface area (Å²) in [5.74, 6) is 4.81. The highest BCUT2D eigenvalue weighted by atomic mass is 16.6. The fourth-order valence-corrected chi connectivity index (χ4v) is 7.84. The minimum Gasteiger partial charge on any atom is -0.494 e. The number of carboxylic acid groups (broad SMARTS) is 1. The Hall–Kier alpha value is -8.19. The summed E-state index contributed by atoms with van der Waals surface area (Å²) in [7, 11) is 2.77. The number of imidazole rings is 2. The van der Waals surface area contributed by atoms with Gasteiger partial charge in [0.05, 0.1) is 36.6 Å². The van der Waals surface area contributed by atoms with E-state index in [4.69, 9.17) is 30.0 Å². The molecule has 6 N–H and O–H groups in total. The number of aromatic nitrogens is 8. The summed E-state index contributed by atoms with van der Waals surface area (Å²) in [6, 6.07) is 9.43. The second kappa shape index (κ2) is 20.3. The van der Waals surface area contributed by atoms with Gasteiger partial charge >= 0.3 is 6.09 Å².